The number of nitrogens with zero attached hydrogens (tertiary/aromatic N) is 2. The molecule has 0 aliphatic rings. The van der Waals surface area contributed by atoms with Gasteiger partial charge in [0.1, 0.15) is 5.75 Å². The van der Waals surface area contributed by atoms with Crippen LogP contribution in [0.25, 0.3) is 21.8 Å². The number of aryl methyl sites for hydroxylation is 1. The minimum absolute atomic E-state index is 0.741. The number of nitrogens with one attached hydrogen (secondary N) is 1. The lowest BCUT2D eigenvalue weighted by Crippen LogP contribution is -2.15. The summed E-state index contributed by atoms with van der Waals surface area (Å²) in [5.74, 6) is 0.915. The van der Waals surface area contributed by atoms with E-state index in [1.54, 1.807) is 0 Å². The van der Waals surface area contributed by atoms with Crippen molar-refractivity contribution in [3.8, 4) is 5.75 Å². The smallest absolute Gasteiger partial charge is 0.121 e. The average Bonchev–Trinajstić information content (AvgIpc) is 2.83. The van der Waals surface area contributed by atoms with E-state index in [2.05, 4.69) is 47.2 Å². The Bertz CT molecular complexity index is 761. The molecule has 0 unspecified atom stereocenters. The third-order valence-corrected chi connectivity index (χ3v) is 3.70. The molecule has 4 nitrogen and oxygen atoms in total. The van der Waals surface area contributed by atoms with E-state index in [1.807, 2.05) is 19.2 Å². The number of fused-ring (bicyclic) bond motifs is 3. The number of H-pyrrole nitrogens is 1. The predicted molar refractivity (Wildman–Crippen MR) is 87.0 cm³/mol. The first-order valence-electron chi connectivity index (χ1n) is 7.30. The first-order valence-corrected chi connectivity index (χ1v) is 7.30. The van der Waals surface area contributed by atoms with Gasteiger partial charge in [0.25, 0.3) is 0 Å². The molecule has 3 aromatic rings. The Hall–Kier alpha value is -2.07. The van der Waals surface area contributed by atoms with Gasteiger partial charge in [-0.3, -0.25) is 4.98 Å². The van der Waals surface area contributed by atoms with Crippen LogP contribution < -0.4 is 4.74 Å². The molecule has 110 valence electrons. The second kappa shape index (κ2) is 5.74. The summed E-state index contributed by atoms with van der Waals surface area (Å²) < 4.78 is 5.83. The third-order valence-electron chi connectivity index (χ3n) is 3.70. The van der Waals surface area contributed by atoms with Crippen LogP contribution in [0.1, 0.15) is 12.1 Å². The van der Waals surface area contributed by atoms with Crippen molar-refractivity contribution in [1.82, 2.24) is 14.9 Å². The molecule has 0 aliphatic carbocycles. The fourth-order valence-corrected chi connectivity index (χ4v) is 2.61. The minimum Gasteiger partial charge on any atom is -0.493 e. The maximum atomic E-state index is 5.83. The molecule has 0 amide bonds. The minimum atomic E-state index is 0.741. The van der Waals surface area contributed by atoms with Crippen LogP contribution in [0.2, 0.25) is 0 Å². The average molecular weight is 283 g/mol. The van der Waals surface area contributed by atoms with Crippen molar-refractivity contribution in [3.63, 3.8) is 0 Å². The summed E-state index contributed by atoms with van der Waals surface area (Å²) in [6, 6.07) is 8.29. The molecule has 0 aliphatic heterocycles. The Morgan fingerprint density at radius 1 is 1.19 bits per heavy atom. The molecule has 0 bridgehead atoms. The lowest BCUT2D eigenvalue weighted by molar-refractivity contribution is 0.282. The van der Waals surface area contributed by atoms with Gasteiger partial charge in [-0.25, -0.2) is 0 Å². The molecule has 21 heavy (non-hydrogen) atoms. The van der Waals surface area contributed by atoms with E-state index in [0.717, 1.165) is 42.0 Å². The van der Waals surface area contributed by atoms with E-state index in [0.29, 0.717) is 0 Å². The van der Waals surface area contributed by atoms with Crippen molar-refractivity contribution < 1.29 is 4.74 Å². The molecule has 0 saturated heterocycles. The second-order valence-corrected chi connectivity index (χ2v) is 5.66. The van der Waals surface area contributed by atoms with Crippen molar-refractivity contribution in [1.29, 1.82) is 0 Å². The van der Waals surface area contributed by atoms with E-state index in [4.69, 9.17) is 4.74 Å². The number of hydrogen-bond donors (Lipinski definition) is 1. The number of benzene rings is 1. The first kappa shape index (κ1) is 13.9. The molecule has 3 rings (SSSR count). The number of pyridine rings is 1. The lowest BCUT2D eigenvalue weighted by Gasteiger charge is -2.10. The topological polar surface area (TPSA) is 41.1 Å². The van der Waals surface area contributed by atoms with Crippen LogP contribution in [0.3, 0.4) is 0 Å². The number of ether oxygens (including phenoxy) is 1. The summed E-state index contributed by atoms with van der Waals surface area (Å²) >= 11 is 0. The first-order chi connectivity index (χ1) is 10.1. The maximum Gasteiger partial charge on any atom is 0.121 e. The fourth-order valence-electron chi connectivity index (χ4n) is 2.61. The van der Waals surface area contributed by atoms with Gasteiger partial charge >= 0.3 is 0 Å². The van der Waals surface area contributed by atoms with Crippen LogP contribution >= 0.6 is 0 Å². The Morgan fingerprint density at radius 2 is 2.05 bits per heavy atom. The van der Waals surface area contributed by atoms with Gasteiger partial charge in [-0.2, -0.15) is 0 Å². The summed E-state index contributed by atoms with van der Waals surface area (Å²) in [7, 11) is 4.15. The summed E-state index contributed by atoms with van der Waals surface area (Å²) in [5.41, 5.74) is 3.24. The lowest BCUT2D eigenvalue weighted by atomic mass is 10.1. The van der Waals surface area contributed by atoms with Gasteiger partial charge in [-0.05, 0) is 45.6 Å². The van der Waals surface area contributed by atoms with Crippen LogP contribution in [0.15, 0.2) is 30.5 Å². The van der Waals surface area contributed by atoms with E-state index in [-0.39, 0.29) is 0 Å². The molecular formula is C17H21N3O. The van der Waals surface area contributed by atoms with Crippen molar-refractivity contribution in [3.05, 3.63) is 36.2 Å². The molecule has 1 aromatic carbocycles. The van der Waals surface area contributed by atoms with Gasteiger partial charge in [0.2, 0.25) is 0 Å². The predicted octanol–water partition coefficient (Wildman–Crippen LogP) is 3.36. The Labute approximate surface area is 124 Å². The molecule has 2 aromatic heterocycles. The SMILES string of the molecule is Cc1nccc2c1[nH]c1cc(OCCCN(C)C)ccc12. The standard InChI is InChI=1S/C17H21N3O/c1-12-17-15(7-8-18-12)14-6-5-13(11-16(14)19-17)21-10-4-9-20(2)3/h5-8,11,19H,4,9-10H2,1-3H3. The normalized spacial score (nSPS) is 11.6. The van der Waals surface area contributed by atoms with Crippen LogP contribution in [0, 0.1) is 6.92 Å². The fraction of sp³-hybridized carbons (Fsp3) is 0.353. The van der Waals surface area contributed by atoms with Crippen LogP contribution in [-0.4, -0.2) is 42.1 Å². The molecule has 0 saturated carbocycles. The highest BCUT2D eigenvalue weighted by molar-refractivity contribution is 6.08. The zero-order valence-electron chi connectivity index (χ0n) is 12.8. The molecule has 0 atom stereocenters. The Balaban J connectivity index is 1.83. The Morgan fingerprint density at radius 3 is 2.86 bits per heavy atom. The highest BCUT2D eigenvalue weighted by atomic mass is 16.5. The van der Waals surface area contributed by atoms with Crippen LogP contribution in [-0.2, 0) is 0 Å². The second-order valence-electron chi connectivity index (χ2n) is 5.66. The van der Waals surface area contributed by atoms with Crippen molar-refractivity contribution >= 4 is 21.8 Å². The van der Waals surface area contributed by atoms with Crippen LogP contribution in [0.5, 0.6) is 5.75 Å². The zero-order chi connectivity index (χ0) is 14.8. The summed E-state index contributed by atoms with van der Waals surface area (Å²) in [6.07, 6.45) is 2.89. The van der Waals surface area contributed by atoms with E-state index in [9.17, 15) is 0 Å². The summed E-state index contributed by atoms with van der Waals surface area (Å²) in [4.78, 5) is 9.95. The van der Waals surface area contributed by atoms with Gasteiger partial charge in [0.15, 0.2) is 0 Å². The molecule has 0 radical (unpaired) electrons. The number of hydrogen-bond acceptors (Lipinski definition) is 3. The van der Waals surface area contributed by atoms with Crippen molar-refractivity contribution in [2.75, 3.05) is 27.2 Å². The largest absolute Gasteiger partial charge is 0.493 e. The van der Waals surface area contributed by atoms with Gasteiger partial charge in [0, 0.05) is 29.6 Å². The highest BCUT2D eigenvalue weighted by Crippen LogP contribution is 2.29. The molecular weight excluding hydrogens is 262 g/mol. The zero-order valence-corrected chi connectivity index (χ0v) is 12.8. The highest BCUT2D eigenvalue weighted by Gasteiger charge is 2.07. The van der Waals surface area contributed by atoms with E-state index < -0.39 is 0 Å². The number of aromatic nitrogens is 2. The van der Waals surface area contributed by atoms with E-state index in [1.165, 1.54) is 10.8 Å². The summed E-state index contributed by atoms with van der Waals surface area (Å²) in [5, 5.41) is 2.44. The quantitative estimate of drug-likeness (QED) is 0.730. The molecule has 4 heteroatoms. The van der Waals surface area contributed by atoms with E-state index >= 15 is 0 Å². The van der Waals surface area contributed by atoms with Gasteiger partial charge in [-0.15, -0.1) is 0 Å². The van der Waals surface area contributed by atoms with Gasteiger partial charge in [0.05, 0.1) is 23.3 Å². The maximum absolute atomic E-state index is 5.83. The van der Waals surface area contributed by atoms with Crippen molar-refractivity contribution in [2.45, 2.75) is 13.3 Å². The summed E-state index contributed by atoms with van der Waals surface area (Å²) in [6.45, 7) is 3.81. The van der Waals surface area contributed by atoms with Gasteiger partial charge < -0.3 is 14.6 Å². The third kappa shape index (κ3) is 2.85. The molecule has 1 N–H and O–H groups in total. The molecule has 2 heterocycles. The molecule has 0 spiro atoms. The number of aromatic amines is 1. The number of rotatable bonds is 5. The molecule has 0 fully saturated rings. The van der Waals surface area contributed by atoms with Gasteiger partial charge in [-0.1, -0.05) is 0 Å². The van der Waals surface area contributed by atoms with Crippen LogP contribution in [0.4, 0.5) is 0 Å². The Kier molecular flexibility index (Phi) is 3.80. The monoisotopic (exact) mass is 283 g/mol. The van der Waals surface area contributed by atoms with Crippen molar-refractivity contribution in [2.24, 2.45) is 0 Å².